The van der Waals surface area contributed by atoms with Gasteiger partial charge in [0.05, 0.1) is 32.2 Å². The van der Waals surface area contributed by atoms with Crippen molar-refractivity contribution in [2.75, 3.05) is 39.3 Å². The lowest BCUT2D eigenvalue weighted by molar-refractivity contribution is -0.929. The first-order valence-electron chi connectivity index (χ1n) is 20.7. The lowest BCUT2D eigenvalue weighted by Gasteiger charge is -2.39. The van der Waals surface area contributed by atoms with Crippen molar-refractivity contribution in [3.8, 4) is 0 Å². The molecule has 2 bridgehead atoms. The molecule has 0 aromatic carbocycles. The number of likely N-dealkylation sites (tertiary alicyclic amines) is 1. The topological polar surface area (TPSA) is 175 Å². The molecule has 16 heteroatoms. The molecule has 1 aliphatic carbocycles. The van der Waals surface area contributed by atoms with Crippen molar-refractivity contribution in [3.05, 3.63) is 0 Å². The summed E-state index contributed by atoms with van der Waals surface area (Å²) in [7, 11) is -4.90. The first-order valence-corrected chi connectivity index (χ1v) is 22.0. The Labute approximate surface area is 324 Å². The van der Waals surface area contributed by atoms with Crippen LogP contribution in [0.4, 0.5) is 9.59 Å². The smallest absolute Gasteiger partial charge is 0.418 e. The number of fused-ring (bicyclic) bond motifs is 2. The van der Waals surface area contributed by atoms with Crippen LogP contribution < -0.4 is 10.9 Å². The van der Waals surface area contributed by atoms with E-state index in [1.807, 2.05) is 0 Å². The highest BCUT2D eigenvalue weighted by Gasteiger charge is 2.49. The number of hydrogen-bond acceptors (Lipinski definition) is 8. The van der Waals surface area contributed by atoms with Crippen LogP contribution in [0.25, 0.3) is 0 Å². The lowest BCUT2D eigenvalue weighted by atomic mass is 9.86. The highest BCUT2D eigenvalue weighted by molar-refractivity contribution is 7.80. The minimum atomic E-state index is -4.90. The van der Waals surface area contributed by atoms with E-state index < -0.39 is 58.1 Å². The number of hydrazine groups is 1. The Morgan fingerprint density at radius 2 is 1.31 bits per heavy atom. The highest BCUT2D eigenvalue weighted by atomic mass is 32.3. The SMILES string of the molecule is CC(C)(C)OC(=O)N1CC[C@@H](CC2CC2)C[C@H]1C(=O)NNC(=O)[C@@H]1CC[C@@H]2CN1C(=O)N2OS(=O)(=O)O.CCCC[N+](CCCC)(CCCC)CCCC. The standard InChI is InChI=1S/C22H35N5O9S.C16H36N/c1-22(2,3)35-21(31)25-9-8-14(10-13-4-5-13)11-17(25)19(29)24-23-18(28)16-7-6-15-12-26(16)20(30)27(15)36-37(32,33)34;1-5-9-13-17(14-10-6-2,15-11-7-3)16-12-8-4/h13-17H,4-12H2,1-3H3,(H,23,28)(H,24,29)(H,32,33,34);5-16H2,1-4H3/q;+1/t14-,15+,16-,17-;/m0./s1. The van der Waals surface area contributed by atoms with Gasteiger partial charge in [0.2, 0.25) is 0 Å². The van der Waals surface area contributed by atoms with Crippen molar-refractivity contribution in [1.82, 2.24) is 25.7 Å². The first kappa shape index (κ1) is 45.7. The zero-order chi connectivity index (χ0) is 40.1. The number of carbonyl (C=O) groups is 4. The third-order valence-electron chi connectivity index (χ3n) is 11.1. The van der Waals surface area contributed by atoms with E-state index in [2.05, 4.69) is 42.8 Å². The number of unbranched alkanes of at least 4 members (excludes halogenated alkanes) is 4. The fourth-order valence-electron chi connectivity index (χ4n) is 7.90. The third kappa shape index (κ3) is 14.4. The molecule has 3 aliphatic heterocycles. The molecule has 3 saturated heterocycles. The summed E-state index contributed by atoms with van der Waals surface area (Å²) in [6, 6.07) is -3.32. The molecule has 4 rings (SSSR count). The number of piperidine rings is 2. The number of nitrogens with one attached hydrogen (secondary N) is 2. The van der Waals surface area contributed by atoms with Crippen LogP contribution in [0.5, 0.6) is 0 Å². The fourth-order valence-corrected chi connectivity index (χ4v) is 8.29. The number of quaternary nitrogens is 1. The first-order chi connectivity index (χ1) is 25.5. The fraction of sp³-hybridized carbons (Fsp3) is 0.895. The van der Waals surface area contributed by atoms with E-state index in [1.165, 1.54) is 99.8 Å². The Bertz CT molecular complexity index is 1300. The Morgan fingerprint density at radius 1 is 0.796 bits per heavy atom. The molecule has 3 heterocycles. The number of ether oxygens (including phenoxy) is 1. The molecule has 0 aromatic heterocycles. The predicted octanol–water partition coefficient (Wildman–Crippen LogP) is 5.96. The van der Waals surface area contributed by atoms with Crippen molar-refractivity contribution in [3.63, 3.8) is 0 Å². The van der Waals surface area contributed by atoms with E-state index in [-0.39, 0.29) is 25.3 Å². The third-order valence-corrected chi connectivity index (χ3v) is 11.4. The number of nitrogens with zero attached hydrogens (tertiary/aromatic N) is 4. The van der Waals surface area contributed by atoms with Gasteiger partial charge in [-0.1, -0.05) is 66.2 Å². The number of rotatable bonds is 18. The Hall–Kier alpha value is -2.69. The maximum Gasteiger partial charge on any atom is 0.418 e. The number of hydrogen-bond donors (Lipinski definition) is 3. The highest BCUT2D eigenvalue weighted by Crippen LogP contribution is 2.39. The maximum absolute atomic E-state index is 13.2. The van der Waals surface area contributed by atoms with Gasteiger partial charge in [0, 0.05) is 13.1 Å². The molecule has 54 heavy (non-hydrogen) atoms. The van der Waals surface area contributed by atoms with Crippen LogP contribution >= 0.6 is 0 Å². The van der Waals surface area contributed by atoms with Crippen LogP contribution in [0.3, 0.4) is 0 Å². The molecule has 4 atom stereocenters. The quantitative estimate of drug-likeness (QED) is 0.0861. The number of urea groups is 1. The van der Waals surface area contributed by atoms with Gasteiger partial charge < -0.3 is 14.1 Å². The Morgan fingerprint density at radius 3 is 1.78 bits per heavy atom. The predicted molar refractivity (Wildman–Crippen MR) is 206 cm³/mol. The van der Waals surface area contributed by atoms with Crippen molar-refractivity contribution in [2.24, 2.45) is 11.8 Å². The van der Waals surface area contributed by atoms with E-state index in [1.54, 1.807) is 20.8 Å². The van der Waals surface area contributed by atoms with Crippen LogP contribution in [-0.4, -0.2) is 119 Å². The van der Waals surface area contributed by atoms with Gasteiger partial charge in [-0.2, -0.15) is 13.5 Å². The van der Waals surface area contributed by atoms with Gasteiger partial charge in [0.1, 0.15) is 17.7 Å². The number of hydroxylamine groups is 2. The van der Waals surface area contributed by atoms with Crippen LogP contribution in [0.2, 0.25) is 0 Å². The molecule has 0 spiro atoms. The minimum absolute atomic E-state index is 0.0261. The summed E-state index contributed by atoms with van der Waals surface area (Å²) in [5.41, 5.74) is 4.03. The second-order valence-corrected chi connectivity index (χ2v) is 17.9. The van der Waals surface area contributed by atoms with Crippen LogP contribution in [0.1, 0.15) is 145 Å². The van der Waals surface area contributed by atoms with Crippen molar-refractivity contribution in [1.29, 1.82) is 0 Å². The van der Waals surface area contributed by atoms with Gasteiger partial charge in [0.25, 0.3) is 11.8 Å². The van der Waals surface area contributed by atoms with Gasteiger partial charge in [-0.3, -0.25) is 29.9 Å². The molecular formula is C38H71N6O9S+. The molecule has 4 aliphatic rings. The van der Waals surface area contributed by atoms with Gasteiger partial charge in [0.15, 0.2) is 0 Å². The maximum atomic E-state index is 13.2. The monoisotopic (exact) mass is 787 g/mol. The van der Waals surface area contributed by atoms with E-state index in [9.17, 15) is 27.6 Å². The Balaban J connectivity index is 0.000000390. The summed E-state index contributed by atoms with van der Waals surface area (Å²) in [4.78, 5) is 53.9. The zero-order valence-corrected chi connectivity index (χ0v) is 35.0. The second-order valence-electron chi connectivity index (χ2n) is 16.9. The summed E-state index contributed by atoms with van der Waals surface area (Å²) in [5, 5.41) is 0.544. The summed E-state index contributed by atoms with van der Waals surface area (Å²) in [6.07, 6.45) is 15.5. The summed E-state index contributed by atoms with van der Waals surface area (Å²) < 4.78 is 42.3. The molecule has 1 saturated carbocycles. The van der Waals surface area contributed by atoms with Gasteiger partial charge in [-0.15, -0.1) is 4.28 Å². The molecule has 4 fully saturated rings. The molecule has 0 unspecified atom stereocenters. The van der Waals surface area contributed by atoms with Gasteiger partial charge in [-0.25, -0.2) is 9.59 Å². The Kier molecular flexibility index (Phi) is 17.8. The molecule has 312 valence electrons. The second kappa shape index (κ2) is 21.0. The average molecular weight is 788 g/mol. The van der Waals surface area contributed by atoms with Crippen molar-refractivity contribution < 1.29 is 45.7 Å². The van der Waals surface area contributed by atoms with Crippen molar-refractivity contribution in [2.45, 2.75) is 169 Å². The van der Waals surface area contributed by atoms with Gasteiger partial charge >= 0.3 is 22.5 Å². The molecule has 15 nitrogen and oxygen atoms in total. The van der Waals surface area contributed by atoms with E-state index in [0.29, 0.717) is 23.9 Å². The molecule has 0 aromatic rings. The summed E-state index contributed by atoms with van der Waals surface area (Å²) >= 11 is 0. The molecular weight excluding hydrogens is 717 g/mol. The largest absolute Gasteiger partial charge is 0.444 e. The van der Waals surface area contributed by atoms with Crippen LogP contribution in [-0.2, 0) is 29.0 Å². The van der Waals surface area contributed by atoms with Gasteiger partial charge in [-0.05, 0) is 90.4 Å². The van der Waals surface area contributed by atoms with Crippen molar-refractivity contribution >= 4 is 34.3 Å². The molecule has 3 N–H and O–H groups in total. The molecule has 5 amide bonds. The zero-order valence-electron chi connectivity index (χ0n) is 34.1. The molecule has 0 radical (unpaired) electrons. The van der Waals surface area contributed by atoms with Crippen LogP contribution in [0.15, 0.2) is 0 Å². The van der Waals surface area contributed by atoms with Crippen LogP contribution in [0, 0.1) is 11.8 Å². The van der Waals surface area contributed by atoms with E-state index in [4.69, 9.17) is 9.29 Å². The summed E-state index contributed by atoms with van der Waals surface area (Å²) in [5.74, 6) is -0.275. The van der Waals surface area contributed by atoms with E-state index in [0.717, 1.165) is 17.7 Å². The summed E-state index contributed by atoms with van der Waals surface area (Å²) in [6.45, 7) is 20.7. The normalized spacial score (nSPS) is 23.1. The minimum Gasteiger partial charge on any atom is -0.444 e. The average Bonchev–Trinajstić information content (AvgIpc) is 3.91. The van der Waals surface area contributed by atoms with E-state index >= 15 is 0 Å². The number of carbonyl (C=O) groups excluding carboxylic acids is 4. The number of amides is 5. The lowest BCUT2D eigenvalue weighted by Crippen LogP contribution is -2.59.